The van der Waals surface area contributed by atoms with Crippen LogP contribution in [0.15, 0.2) is 25.0 Å². The Morgan fingerprint density at radius 1 is 0.750 bits per heavy atom. The third-order valence-corrected chi connectivity index (χ3v) is 4.75. The molecule has 3 heteroatoms. The maximum atomic E-state index is 11.2. The SMILES string of the molecule is C=C(C)C(=O)OCCCCCCCCCCCCCCCCCC.C=COC. The second-order valence-electron chi connectivity index (χ2n) is 7.62. The van der Waals surface area contributed by atoms with Crippen LogP contribution in [0.25, 0.3) is 0 Å². The molecular formula is C25H48O3. The third-order valence-electron chi connectivity index (χ3n) is 4.75. The van der Waals surface area contributed by atoms with Gasteiger partial charge in [-0.25, -0.2) is 4.79 Å². The maximum absolute atomic E-state index is 11.2. The van der Waals surface area contributed by atoms with Crippen LogP contribution in [0.1, 0.15) is 117 Å². The Kier molecular flexibility index (Phi) is 26.6. The molecule has 28 heavy (non-hydrogen) atoms. The van der Waals surface area contributed by atoms with Gasteiger partial charge in [0.05, 0.1) is 20.0 Å². The fraction of sp³-hybridized carbons (Fsp3) is 0.800. The quantitative estimate of drug-likeness (QED) is 0.0956. The van der Waals surface area contributed by atoms with Crippen molar-refractivity contribution >= 4 is 5.97 Å². The summed E-state index contributed by atoms with van der Waals surface area (Å²) in [4.78, 5) is 11.2. The van der Waals surface area contributed by atoms with Gasteiger partial charge in [-0.05, 0) is 13.3 Å². The molecule has 0 rings (SSSR count). The minimum absolute atomic E-state index is 0.254. The first-order valence-corrected chi connectivity index (χ1v) is 11.6. The summed E-state index contributed by atoms with van der Waals surface area (Å²) in [7, 11) is 1.56. The molecule has 0 heterocycles. The number of hydrogen-bond donors (Lipinski definition) is 0. The van der Waals surface area contributed by atoms with Crippen molar-refractivity contribution in [3.8, 4) is 0 Å². The first-order valence-electron chi connectivity index (χ1n) is 11.6. The van der Waals surface area contributed by atoms with Crippen molar-refractivity contribution in [1.29, 1.82) is 0 Å². The zero-order valence-electron chi connectivity index (χ0n) is 19.2. The molecule has 0 aromatic carbocycles. The van der Waals surface area contributed by atoms with Crippen molar-refractivity contribution in [2.45, 2.75) is 117 Å². The van der Waals surface area contributed by atoms with E-state index in [1.54, 1.807) is 14.0 Å². The van der Waals surface area contributed by atoms with Crippen molar-refractivity contribution in [3.63, 3.8) is 0 Å². The number of esters is 1. The predicted molar refractivity (Wildman–Crippen MR) is 123 cm³/mol. The summed E-state index contributed by atoms with van der Waals surface area (Å²) in [6, 6.07) is 0. The van der Waals surface area contributed by atoms with Gasteiger partial charge in [0, 0.05) is 5.57 Å². The molecule has 0 aromatic rings. The van der Waals surface area contributed by atoms with Crippen molar-refractivity contribution in [1.82, 2.24) is 0 Å². The van der Waals surface area contributed by atoms with E-state index < -0.39 is 0 Å². The lowest BCUT2D eigenvalue weighted by Crippen LogP contribution is -2.05. The van der Waals surface area contributed by atoms with E-state index in [9.17, 15) is 4.79 Å². The molecule has 0 N–H and O–H groups in total. The highest BCUT2D eigenvalue weighted by molar-refractivity contribution is 5.86. The van der Waals surface area contributed by atoms with Crippen LogP contribution in [-0.2, 0) is 14.3 Å². The third kappa shape index (κ3) is 27.0. The number of carbonyl (C=O) groups excluding carboxylic acids is 1. The molecule has 0 aliphatic carbocycles. The summed E-state index contributed by atoms with van der Waals surface area (Å²) in [5.41, 5.74) is 0.492. The van der Waals surface area contributed by atoms with Gasteiger partial charge in [0.2, 0.25) is 0 Å². The topological polar surface area (TPSA) is 35.5 Å². The van der Waals surface area contributed by atoms with Crippen LogP contribution in [0.3, 0.4) is 0 Å². The van der Waals surface area contributed by atoms with Crippen molar-refractivity contribution in [3.05, 3.63) is 25.0 Å². The standard InChI is InChI=1S/C22H42O2.C3H6O/c1-4-5-6-7-8-9-10-11-12-13-14-15-16-17-18-19-20-24-22(23)21(2)3;1-3-4-2/h2,4-20H2,1,3H3;3H,1H2,2H3. The summed E-state index contributed by atoms with van der Waals surface area (Å²) < 4.78 is 9.39. The van der Waals surface area contributed by atoms with Gasteiger partial charge >= 0.3 is 5.97 Å². The smallest absolute Gasteiger partial charge is 0.333 e. The Morgan fingerprint density at radius 3 is 1.36 bits per heavy atom. The molecule has 0 saturated heterocycles. The molecule has 166 valence electrons. The molecule has 0 unspecified atom stereocenters. The molecule has 3 nitrogen and oxygen atoms in total. The summed E-state index contributed by atoms with van der Waals surface area (Å²) >= 11 is 0. The van der Waals surface area contributed by atoms with Crippen LogP contribution >= 0.6 is 0 Å². The number of hydrogen-bond acceptors (Lipinski definition) is 3. The second-order valence-corrected chi connectivity index (χ2v) is 7.62. The molecule has 0 fully saturated rings. The average Bonchev–Trinajstić information content (AvgIpc) is 2.70. The van der Waals surface area contributed by atoms with E-state index in [-0.39, 0.29) is 5.97 Å². The largest absolute Gasteiger partial charge is 0.505 e. The number of rotatable bonds is 19. The lowest BCUT2D eigenvalue weighted by atomic mass is 10.0. The number of carbonyl (C=O) groups is 1. The summed E-state index contributed by atoms with van der Waals surface area (Å²) in [5.74, 6) is -0.254. The van der Waals surface area contributed by atoms with Crippen LogP contribution in [0.2, 0.25) is 0 Å². The highest BCUT2D eigenvalue weighted by Crippen LogP contribution is 2.13. The lowest BCUT2D eigenvalue weighted by Gasteiger charge is -2.05. The van der Waals surface area contributed by atoms with Crippen LogP contribution in [0.4, 0.5) is 0 Å². The Morgan fingerprint density at radius 2 is 1.07 bits per heavy atom. The van der Waals surface area contributed by atoms with Crippen LogP contribution in [0, 0.1) is 0 Å². The van der Waals surface area contributed by atoms with Gasteiger partial charge in [-0.15, -0.1) is 0 Å². The summed E-state index contributed by atoms with van der Waals surface area (Å²) in [5, 5.41) is 0. The molecule has 0 atom stereocenters. The van der Waals surface area contributed by atoms with Gasteiger partial charge in [0.1, 0.15) is 0 Å². The summed E-state index contributed by atoms with van der Waals surface area (Å²) in [6.45, 7) is 11.3. The van der Waals surface area contributed by atoms with E-state index >= 15 is 0 Å². The number of unbranched alkanes of at least 4 members (excludes halogenated alkanes) is 15. The first kappa shape index (κ1) is 29.0. The zero-order valence-corrected chi connectivity index (χ0v) is 19.2. The molecule has 0 radical (unpaired) electrons. The highest BCUT2D eigenvalue weighted by Gasteiger charge is 2.01. The molecule has 0 amide bonds. The normalized spacial score (nSPS) is 9.96. The lowest BCUT2D eigenvalue weighted by molar-refractivity contribution is -0.139. The molecule has 0 spiro atoms. The van der Waals surface area contributed by atoms with E-state index in [0.717, 1.165) is 6.42 Å². The van der Waals surface area contributed by atoms with E-state index in [2.05, 4.69) is 24.8 Å². The minimum Gasteiger partial charge on any atom is -0.505 e. The van der Waals surface area contributed by atoms with Gasteiger partial charge in [0.25, 0.3) is 0 Å². The number of methoxy groups -OCH3 is 1. The zero-order chi connectivity index (χ0) is 21.3. The molecule has 0 bridgehead atoms. The van der Waals surface area contributed by atoms with Gasteiger partial charge < -0.3 is 9.47 Å². The minimum atomic E-state index is -0.254. The fourth-order valence-corrected chi connectivity index (χ4v) is 2.94. The average molecular weight is 397 g/mol. The Labute approximate surface area is 176 Å². The molecule has 0 aromatic heterocycles. The van der Waals surface area contributed by atoms with Gasteiger partial charge in [-0.1, -0.05) is 116 Å². The van der Waals surface area contributed by atoms with Gasteiger partial charge in [-0.2, -0.15) is 0 Å². The van der Waals surface area contributed by atoms with E-state index in [0.29, 0.717) is 12.2 Å². The highest BCUT2D eigenvalue weighted by atomic mass is 16.5. The predicted octanol–water partition coefficient (Wildman–Crippen LogP) is 8.14. The summed E-state index contributed by atoms with van der Waals surface area (Å²) in [6.07, 6.45) is 23.1. The van der Waals surface area contributed by atoms with E-state index in [4.69, 9.17) is 4.74 Å². The van der Waals surface area contributed by atoms with Crippen molar-refractivity contribution in [2.24, 2.45) is 0 Å². The van der Waals surface area contributed by atoms with Crippen LogP contribution in [-0.4, -0.2) is 19.7 Å². The molecule has 0 aliphatic rings. The van der Waals surface area contributed by atoms with Crippen molar-refractivity contribution < 1.29 is 14.3 Å². The molecular weight excluding hydrogens is 348 g/mol. The monoisotopic (exact) mass is 396 g/mol. The van der Waals surface area contributed by atoms with Crippen LogP contribution in [0.5, 0.6) is 0 Å². The Bertz CT molecular complexity index is 350. The van der Waals surface area contributed by atoms with Crippen molar-refractivity contribution in [2.75, 3.05) is 13.7 Å². The van der Waals surface area contributed by atoms with Gasteiger partial charge in [0.15, 0.2) is 0 Å². The fourth-order valence-electron chi connectivity index (χ4n) is 2.94. The first-order chi connectivity index (χ1) is 13.6. The Hall–Kier alpha value is -1.25. The second kappa shape index (κ2) is 25.8. The molecule has 0 aliphatic heterocycles. The molecule has 0 saturated carbocycles. The number of ether oxygens (including phenoxy) is 2. The van der Waals surface area contributed by atoms with Crippen LogP contribution < -0.4 is 0 Å². The van der Waals surface area contributed by atoms with Gasteiger partial charge in [-0.3, -0.25) is 0 Å². The van der Waals surface area contributed by atoms with E-state index in [1.165, 1.54) is 103 Å². The Balaban J connectivity index is 0. The van der Waals surface area contributed by atoms with E-state index in [1.807, 2.05) is 0 Å². The maximum Gasteiger partial charge on any atom is 0.333 e.